The van der Waals surface area contributed by atoms with Crippen LogP contribution in [0, 0.1) is 0 Å². The van der Waals surface area contributed by atoms with Gasteiger partial charge in [-0.05, 0) is 29.8 Å². The minimum absolute atomic E-state index is 0.0637. The van der Waals surface area contributed by atoms with E-state index in [9.17, 15) is 9.59 Å². The van der Waals surface area contributed by atoms with Crippen molar-refractivity contribution in [1.29, 1.82) is 0 Å². The molecule has 0 aliphatic heterocycles. The van der Waals surface area contributed by atoms with Gasteiger partial charge < -0.3 is 23.5 Å². The molecule has 3 aromatic carbocycles. The van der Waals surface area contributed by atoms with Gasteiger partial charge in [-0.15, -0.1) is 0 Å². The molecule has 168 valence electrons. The molecule has 0 saturated carbocycles. The molecular weight excluding hydrogens is 422 g/mol. The van der Waals surface area contributed by atoms with Crippen LogP contribution >= 0.6 is 0 Å². The molecule has 1 aromatic heterocycles. The van der Waals surface area contributed by atoms with Crippen LogP contribution in [-0.2, 0) is 16.1 Å². The summed E-state index contributed by atoms with van der Waals surface area (Å²) >= 11 is 0. The van der Waals surface area contributed by atoms with E-state index in [4.69, 9.17) is 18.9 Å². The second-order valence-corrected chi connectivity index (χ2v) is 7.23. The zero-order valence-corrected chi connectivity index (χ0v) is 18.3. The van der Waals surface area contributed by atoms with Crippen molar-refractivity contribution in [2.24, 2.45) is 0 Å². The topological polar surface area (TPSA) is 76.0 Å². The number of esters is 1. The molecule has 0 bridgehead atoms. The summed E-state index contributed by atoms with van der Waals surface area (Å²) < 4.78 is 23.1. The van der Waals surface area contributed by atoms with E-state index in [1.807, 2.05) is 54.6 Å². The molecule has 0 fully saturated rings. The molecule has 1 heterocycles. The normalized spacial score (nSPS) is 10.7. The van der Waals surface area contributed by atoms with Crippen LogP contribution in [0.15, 0.2) is 83.8 Å². The molecule has 4 aromatic rings. The molecule has 0 N–H and O–H groups in total. The van der Waals surface area contributed by atoms with E-state index in [1.54, 1.807) is 22.8 Å². The summed E-state index contributed by atoms with van der Waals surface area (Å²) in [5.41, 5.74) is 1.85. The third kappa shape index (κ3) is 4.88. The summed E-state index contributed by atoms with van der Waals surface area (Å²) in [7, 11) is 2.77. The highest BCUT2D eigenvalue weighted by molar-refractivity contribution is 5.94. The average molecular weight is 445 g/mol. The van der Waals surface area contributed by atoms with Crippen molar-refractivity contribution < 1.29 is 23.7 Å². The van der Waals surface area contributed by atoms with Crippen LogP contribution < -0.4 is 14.9 Å². The van der Waals surface area contributed by atoms with Gasteiger partial charge in [0.1, 0.15) is 23.7 Å². The number of hydrogen-bond donors (Lipinski definition) is 0. The van der Waals surface area contributed by atoms with Gasteiger partial charge in [0.15, 0.2) is 6.79 Å². The summed E-state index contributed by atoms with van der Waals surface area (Å²) in [6.45, 7) is 0.483. The van der Waals surface area contributed by atoms with E-state index in [0.717, 1.165) is 5.56 Å². The summed E-state index contributed by atoms with van der Waals surface area (Å²) in [6, 6.07) is 22.3. The Kier molecular flexibility index (Phi) is 6.71. The average Bonchev–Trinajstić information content (AvgIpc) is 2.86. The predicted molar refractivity (Wildman–Crippen MR) is 124 cm³/mol. The van der Waals surface area contributed by atoms with Gasteiger partial charge >= 0.3 is 5.97 Å². The molecule has 0 aliphatic carbocycles. The van der Waals surface area contributed by atoms with Crippen molar-refractivity contribution in [1.82, 2.24) is 4.57 Å². The van der Waals surface area contributed by atoms with Crippen LogP contribution in [0.1, 0.15) is 15.9 Å². The van der Waals surface area contributed by atoms with Crippen molar-refractivity contribution in [2.45, 2.75) is 6.61 Å². The van der Waals surface area contributed by atoms with Gasteiger partial charge in [0.05, 0.1) is 12.6 Å². The van der Waals surface area contributed by atoms with Crippen molar-refractivity contribution in [2.75, 3.05) is 21.0 Å². The van der Waals surface area contributed by atoms with E-state index in [1.165, 1.54) is 20.4 Å². The summed E-state index contributed by atoms with van der Waals surface area (Å²) in [4.78, 5) is 25.3. The Morgan fingerprint density at radius 2 is 1.67 bits per heavy atom. The summed E-state index contributed by atoms with van der Waals surface area (Å²) in [6.07, 6.45) is 1.48. The lowest BCUT2D eigenvalue weighted by Gasteiger charge is -2.15. The molecule has 0 amide bonds. The van der Waals surface area contributed by atoms with Crippen LogP contribution in [0.4, 0.5) is 0 Å². The number of ether oxygens (including phenoxy) is 4. The molecule has 0 saturated heterocycles. The van der Waals surface area contributed by atoms with E-state index in [-0.39, 0.29) is 12.4 Å². The van der Waals surface area contributed by atoms with Gasteiger partial charge in [0, 0.05) is 36.5 Å². The minimum Gasteiger partial charge on any atom is -0.489 e. The second-order valence-electron chi connectivity index (χ2n) is 7.23. The number of benzene rings is 3. The van der Waals surface area contributed by atoms with Crippen molar-refractivity contribution in [3.05, 3.63) is 100 Å². The Morgan fingerprint density at radius 1 is 0.879 bits per heavy atom. The quantitative estimate of drug-likeness (QED) is 0.297. The fourth-order valence-corrected chi connectivity index (χ4v) is 3.45. The van der Waals surface area contributed by atoms with E-state index < -0.39 is 11.4 Å². The number of fused-ring (bicyclic) bond motifs is 1. The molecule has 0 radical (unpaired) electrons. The fraction of sp³-hybridized carbons (Fsp3) is 0.154. The maximum atomic E-state index is 13.0. The maximum Gasteiger partial charge on any atom is 0.343 e. The standard InChI is InChI=1S/C26H23NO6/c1-30-17-33-21-11-12-22-24(14-21)27(15-23(25(22)28)26(29)31-2)19-9-6-10-20(13-19)32-16-18-7-4-3-5-8-18/h3-15H,16-17H2,1-2H3. The van der Waals surface area contributed by atoms with Gasteiger partial charge in [-0.25, -0.2) is 4.79 Å². The number of aromatic nitrogens is 1. The van der Waals surface area contributed by atoms with Crippen molar-refractivity contribution in [3.8, 4) is 17.2 Å². The van der Waals surface area contributed by atoms with E-state index in [2.05, 4.69) is 0 Å². The number of pyridine rings is 1. The molecule has 0 aliphatic rings. The van der Waals surface area contributed by atoms with Crippen LogP contribution in [0.5, 0.6) is 11.5 Å². The highest BCUT2D eigenvalue weighted by Gasteiger charge is 2.17. The first-order valence-corrected chi connectivity index (χ1v) is 10.3. The Bertz CT molecular complexity index is 1330. The van der Waals surface area contributed by atoms with Crippen molar-refractivity contribution >= 4 is 16.9 Å². The molecule has 0 spiro atoms. The highest BCUT2D eigenvalue weighted by Crippen LogP contribution is 2.25. The number of hydrogen-bond acceptors (Lipinski definition) is 6. The van der Waals surface area contributed by atoms with E-state index in [0.29, 0.717) is 34.7 Å². The highest BCUT2D eigenvalue weighted by atomic mass is 16.7. The number of carbonyl (C=O) groups is 1. The summed E-state index contributed by atoms with van der Waals surface area (Å²) in [5.74, 6) is 0.473. The predicted octanol–water partition coefficient (Wildman–Crippen LogP) is 4.34. The summed E-state index contributed by atoms with van der Waals surface area (Å²) in [5, 5.41) is 0.360. The number of carbonyl (C=O) groups excluding carboxylic acids is 1. The van der Waals surface area contributed by atoms with Gasteiger partial charge in [-0.3, -0.25) is 4.79 Å². The van der Waals surface area contributed by atoms with Crippen LogP contribution in [0.25, 0.3) is 16.6 Å². The smallest absolute Gasteiger partial charge is 0.343 e. The first-order valence-electron chi connectivity index (χ1n) is 10.3. The largest absolute Gasteiger partial charge is 0.489 e. The Hall–Kier alpha value is -4.10. The lowest BCUT2D eigenvalue weighted by molar-refractivity contribution is 0.0512. The van der Waals surface area contributed by atoms with Crippen LogP contribution in [0.3, 0.4) is 0 Å². The Labute approximate surface area is 190 Å². The molecule has 33 heavy (non-hydrogen) atoms. The zero-order valence-electron chi connectivity index (χ0n) is 18.3. The molecule has 7 heteroatoms. The molecule has 0 atom stereocenters. The molecule has 4 rings (SSSR count). The molecule has 7 nitrogen and oxygen atoms in total. The zero-order chi connectivity index (χ0) is 23.2. The maximum absolute atomic E-state index is 13.0. The molecular formula is C26H23NO6. The number of nitrogens with zero attached hydrogens (tertiary/aromatic N) is 1. The van der Waals surface area contributed by atoms with Crippen LogP contribution in [0.2, 0.25) is 0 Å². The third-order valence-electron chi connectivity index (χ3n) is 5.07. The van der Waals surface area contributed by atoms with E-state index >= 15 is 0 Å². The molecule has 0 unspecified atom stereocenters. The Morgan fingerprint density at radius 3 is 2.42 bits per heavy atom. The van der Waals surface area contributed by atoms with Crippen molar-refractivity contribution in [3.63, 3.8) is 0 Å². The third-order valence-corrected chi connectivity index (χ3v) is 5.07. The number of rotatable bonds is 8. The van der Waals surface area contributed by atoms with Gasteiger partial charge in [-0.2, -0.15) is 0 Å². The van der Waals surface area contributed by atoms with Gasteiger partial charge in [0.2, 0.25) is 5.43 Å². The second kappa shape index (κ2) is 10.0. The lowest BCUT2D eigenvalue weighted by atomic mass is 10.1. The first-order chi connectivity index (χ1) is 16.1. The minimum atomic E-state index is -0.702. The fourth-order valence-electron chi connectivity index (χ4n) is 3.45. The SMILES string of the molecule is COCOc1ccc2c(=O)c(C(=O)OC)cn(-c3cccc(OCc4ccccc4)c3)c2c1. The monoisotopic (exact) mass is 445 g/mol. The first kappa shape index (κ1) is 22.1. The Balaban J connectivity index is 1.80. The van der Waals surface area contributed by atoms with Crippen LogP contribution in [-0.4, -0.2) is 31.5 Å². The number of methoxy groups -OCH3 is 2. The lowest BCUT2D eigenvalue weighted by Crippen LogP contribution is -2.19. The van der Waals surface area contributed by atoms with Gasteiger partial charge in [0.25, 0.3) is 0 Å². The van der Waals surface area contributed by atoms with Gasteiger partial charge in [-0.1, -0.05) is 36.4 Å².